The van der Waals surface area contributed by atoms with Crippen LogP contribution in [0.3, 0.4) is 0 Å². The van der Waals surface area contributed by atoms with Gasteiger partial charge in [-0.3, -0.25) is 19.7 Å². The van der Waals surface area contributed by atoms with Gasteiger partial charge in [-0.05, 0) is 34.2 Å². The highest BCUT2D eigenvalue weighted by Gasteiger charge is 2.47. The molecule has 6 rings (SSSR count). The number of carbonyl (C=O) groups is 2. The number of carbonyl (C=O) groups excluding carboxylic acids is 2. The molecule has 12 nitrogen and oxygen atoms in total. The first kappa shape index (κ1) is 38.8. The zero-order valence-electron chi connectivity index (χ0n) is 28.9. The van der Waals surface area contributed by atoms with Crippen molar-refractivity contribution in [3.63, 3.8) is 0 Å². The molecule has 274 valence electrons. The van der Waals surface area contributed by atoms with Crippen LogP contribution in [-0.2, 0) is 9.53 Å². The lowest BCUT2D eigenvalue weighted by atomic mass is 10.00. The second-order valence-corrected chi connectivity index (χ2v) is 13.5. The van der Waals surface area contributed by atoms with Gasteiger partial charge < -0.3 is 10.5 Å². The molecule has 3 N–H and O–H groups in total. The zero-order chi connectivity index (χ0) is 37.7. The van der Waals surface area contributed by atoms with E-state index in [0.717, 1.165) is 9.80 Å². The van der Waals surface area contributed by atoms with Crippen LogP contribution in [0.15, 0.2) is 66.2 Å². The Morgan fingerprint density at radius 3 is 2.29 bits per heavy atom. The Morgan fingerprint density at radius 2 is 1.75 bits per heavy atom. The summed E-state index contributed by atoms with van der Waals surface area (Å²) in [5, 5.41) is 10.5. The Hall–Kier alpha value is -4.99. The average molecular weight is 734 g/mol. The van der Waals surface area contributed by atoms with Gasteiger partial charge in [-0.1, -0.05) is 83.5 Å². The number of guanidine groups is 1. The molecule has 1 fully saturated rings. The molecule has 2 amide bonds. The minimum Gasteiger partial charge on any atom is -0.447 e. The van der Waals surface area contributed by atoms with E-state index in [1.807, 2.05) is 13.8 Å². The number of ether oxygens (including phenoxy) is 1. The largest absolute Gasteiger partial charge is 0.447 e. The van der Waals surface area contributed by atoms with Gasteiger partial charge in [-0.15, -0.1) is 0 Å². The van der Waals surface area contributed by atoms with Crippen molar-refractivity contribution < 1.29 is 31.9 Å². The monoisotopic (exact) mass is 733 g/mol. The number of aliphatic imine (C=N–C) groups is 1. The number of hydrogen-bond donors (Lipinski definition) is 2. The first-order chi connectivity index (χ1) is 24.0. The van der Waals surface area contributed by atoms with E-state index in [1.54, 1.807) is 42.5 Å². The van der Waals surface area contributed by atoms with Gasteiger partial charge in [0.25, 0.3) is 11.8 Å². The molecule has 0 radical (unpaired) electrons. The molecule has 2 aliphatic rings. The lowest BCUT2D eigenvalue weighted by molar-refractivity contribution is -0.131. The van der Waals surface area contributed by atoms with E-state index in [-0.39, 0.29) is 5.96 Å². The van der Waals surface area contributed by atoms with Crippen LogP contribution in [0.4, 0.5) is 22.4 Å². The fourth-order valence-corrected chi connectivity index (χ4v) is 5.15. The van der Waals surface area contributed by atoms with Crippen molar-refractivity contribution in [2.45, 2.75) is 66.1 Å². The number of hydrogen-bond acceptors (Lipinski definition) is 8. The molecule has 0 bridgehead atoms. The number of benzene rings is 2. The number of halogens is 5. The number of nitrogens with one attached hydrogen (secondary N) is 1. The zero-order valence-corrected chi connectivity index (χ0v) is 29.7. The fraction of sp³-hybridized carbons (Fsp3) is 0.412. The van der Waals surface area contributed by atoms with Gasteiger partial charge >= 0.3 is 12.6 Å². The molecule has 2 aliphatic heterocycles. The SMILES string of the molecule is CC.CC(C)(C)C.NC1=N[C@H](c2ccc(-c3cnn(C(F)F)c3)cc2)C(=O)N1[C@H](COC(=O)N1CC(F)(F)C1)c1ccc(Cl)c(-c2ncn[nH]2)c1. The lowest BCUT2D eigenvalue weighted by Gasteiger charge is -2.38. The molecule has 4 heterocycles. The Morgan fingerprint density at radius 1 is 1.10 bits per heavy atom. The van der Waals surface area contributed by atoms with Gasteiger partial charge in [0.05, 0.1) is 30.4 Å². The molecule has 0 unspecified atom stereocenters. The Labute approximate surface area is 297 Å². The summed E-state index contributed by atoms with van der Waals surface area (Å²) in [5.41, 5.74) is 9.12. The molecule has 0 aliphatic carbocycles. The van der Waals surface area contributed by atoms with Crippen molar-refractivity contribution in [1.29, 1.82) is 0 Å². The average Bonchev–Trinajstić information content (AvgIpc) is 3.83. The molecule has 17 heteroatoms. The highest BCUT2D eigenvalue weighted by molar-refractivity contribution is 6.33. The number of nitrogens with two attached hydrogens (primary N) is 1. The minimum atomic E-state index is -2.99. The smallest absolute Gasteiger partial charge is 0.410 e. The van der Waals surface area contributed by atoms with Gasteiger partial charge in [0.15, 0.2) is 17.8 Å². The van der Waals surface area contributed by atoms with Crippen molar-refractivity contribution in [3.8, 4) is 22.5 Å². The summed E-state index contributed by atoms with van der Waals surface area (Å²) in [7, 11) is 0. The second-order valence-electron chi connectivity index (χ2n) is 13.1. The van der Waals surface area contributed by atoms with Crippen molar-refractivity contribution in [3.05, 3.63) is 77.3 Å². The van der Waals surface area contributed by atoms with Crippen molar-refractivity contribution in [2.75, 3.05) is 19.7 Å². The molecule has 2 aromatic heterocycles. The van der Waals surface area contributed by atoms with E-state index < -0.39 is 56.3 Å². The van der Waals surface area contributed by atoms with E-state index in [9.17, 15) is 27.2 Å². The van der Waals surface area contributed by atoms with Crippen LogP contribution in [-0.4, -0.2) is 78.3 Å². The van der Waals surface area contributed by atoms with Gasteiger partial charge in [0.1, 0.15) is 12.9 Å². The summed E-state index contributed by atoms with van der Waals surface area (Å²) in [6.45, 7) is 7.97. The quantitative estimate of drug-likeness (QED) is 0.178. The summed E-state index contributed by atoms with van der Waals surface area (Å²) in [6.07, 6.45) is 2.81. The van der Waals surface area contributed by atoms with Crippen LogP contribution in [0.2, 0.25) is 5.02 Å². The van der Waals surface area contributed by atoms with Gasteiger partial charge in [0, 0.05) is 17.3 Å². The summed E-state index contributed by atoms with van der Waals surface area (Å²) < 4.78 is 58.4. The number of alkyl halides is 4. The summed E-state index contributed by atoms with van der Waals surface area (Å²) >= 11 is 6.39. The maximum atomic E-state index is 13.8. The lowest BCUT2D eigenvalue weighted by Crippen LogP contribution is -2.58. The first-order valence-corrected chi connectivity index (χ1v) is 16.4. The van der Waals surface area contributed by atoms with E-state index in [1.165, 1.54) is 18.7 Å². The number of nitrogens with zero attached hydrogens (tertiary/aromatic N) is 7. The van der Waals surface area contributed by atoms with Gasteiger partial charge in [-0.2, -0.15) is 19.0 Å². The van der Waals surface area contributed by atoms with E-state index in [2.05, 4.69) is 53.0 Å². The number of aromatic amines is 1. The molecule has 4 aromatic rings. The summed E-state index contributed by atoms with van der Waals surface area (Å²) in [5.74, 6) is -3.38. The van der Waals surface area contributed by atoms with Gasteiger partial charge in [-0.25, -0.2) is 28.2 Å². The molecule has 0 saturated carbocycles. The maximum absolute atomic E-state index is 13.8. The van der Waals surface area contributed by atoms with Crippen LogP contribution in [0.1, 0.15) is 71.3 Å². The standard InChI is InChI=1S/C27H22ClF4N9O3.C5H12.C2H6/c28-19-6-5-16(7-18(19)22-34-13-35-38-22)20(10-44-26(43)39-11-27(31,32)12-39)41-23(42)21(37-25(41)33)15-3-1-14(2-4-15)17-8-36-40(9-17)24(29)30;1-5(2,3)4;1-2/h1-9,13,20-21,24H,10-12H2,(H2,33,37)(H,34,35,38);1-4H3;1-2H3/t20-,21-;;/m1../s1. The number of H-pyrrole nitrogens is 1. The molecule has 51 heavy (non-hydrogen) atoms. The van der Waals surface area contributed by atoms with E-state index in [4.69, 9.17) is 22.1 Å². The normalized spacial score (nSPS) is 17.1. The third-order valence-corrected chi connectivity index (χ3v) is 7.49. The van der Waals surface area contributed by atoms with E-state index in [0.29, 0.717) is 48.8 Å². The highest BCUT2D eigenvalue weighted by atomic mass is 35.5. The Kier molecular flexibility index (Phi) is 12.1. The number of aromatic nitrogens is 5. The molecular formula is C34H40ClF4N9O3. The third kappa shape index (κ3) is 9.62. The second kappa shape index (κ2) is 15.9. The number of likely N-dealkylation sites (tertiary alicyclic amines) is 1. The Bertz CT molecular complexity index is 1810. The van der Waals surface area contributed by atoms with Crippen LogP contribution >= 0.6 is 11.6 Å². The first-order valence-electron chi connectivity index (χ1n) is 16.0. The third-order valence-electron chi connectivity index (χ3n) is 7.17. The topological polar surface area (TPSA) is 148 Å². The number of rotatable bonds is 8. The van der Waals surface area contributed by atoms with Gasteiger partial charge in [0.2, 0.25) is 0 Å². The minimum absolute atomic E-state index is 0.171. The fourth-order valence-electron chi connectivity index (χ4n) is 4.95. The Balaban J connectivity index is 0.000000768. The van der Waals surface area contributed by atoms with Crippen LogP contribution in [0, 0.1) is 5.41 Å². The van der Waals surface area contributed by atoms with Crippen molar-refractivity contribution in [2.24, 2.45) is 16.1 Å². The summed E-state index contributed by atoms with van der Waals surface area (Å²) in [6, 6.07) is 9.16. The number of amides is 2. The predicted octanol–water partition coefficient (Wildman–Crippen LogP) is 7.49. The van der Waals surface area contributed by atoms with Crippen molar-refractivity contribution >= 4 is 29.6 Å². The molecule has 2 aromatic carbocycles. The molecule has 2 atom stereocenters. The van der Waals surface area contributed by atoms with Crippen LogP contribution < -0.4 is 5.73 Å². The maximum Gasteiger partial charge on any atom is 0.410 e. The highest BCUT2D eigenvalue weighted by Crippen LogP contribution is 2.36. The van der Waals surface area contributed by atoms with Crippen LogP contribution in [0.25, 0.3) is 22.5 Å². The van der Waals surface area contributed by atoms with E-state index >= 15 is 0 Å². The summed E-state index contributed by atoms with van der Waals surface area (Å²) in [4.78, 5) is 36.8. The predicted molar refractivity (Wildman–Crippen MR) is 184 cm³/mol. The van der Waals surface area contributed by atoms with Crippen LogP contribution in [0.5, 0.6) is 0 Å². The molecule has 0 spiro atoms. The molecular weight excluding hydrogens is 694 g/mol. The van der Waals surface area contributed by atoms with Crippen molar-refractivity contribution in [1.82, 2.24) is 34.8 Å². The molecule has 1 saturated heterocycles.